The lowest BCUT2D eigenvalue weighted by atomic mass is 10.3. The van der Waals surface area contributed by atoms with Crippen LogP contribution in [0.4, 0.5) is 11.6 Å². The topological polar surface area (TPSA) is 136 Å². The van der Waals surface area contributed by atoms with E-state index in [1.54, 1.807) is 17.7 Å². The van der Waals surface area contributed by atoms with Gasteiger partial charge in [-0.25, -0.2) is 31.5 Å². The van der Waals surface area contributed by atoms with Crippen molar-refractivity contribution in [2.45, 2.75) is 36.6 Å². The predicted octanol–water partition coefficient (Wildman–Crippen LogP) is 2.16. The van der Waals surface area contributed by atoms with Crippen LogP contribution in [0.5, 0.6) is 0 Å². The number of benzene rings is 1. The first-order valence-electron chi connectivity index (χ1n) is 8.57. The molecule has 0 saturated heterocycles. The lowest BCUT2D eigenvalue weighted by molar-refractivity contribution is 0.528. The van der Waals surface area contributed by atoms with E-state index in [2.05, 4.69) is 24.5 Å². The minimum Gasteiger partial charge on any atom is -0.280 e. The molecule has 0 saturated carbocycles. The van der Waals surface area contributed by atoms with Gasteiger partial charge in [0.1, 0.15) is 4.90 Å². The summed E-state index contributed by atoms with van der Waals surface area (Å²) in [7, 11) is -7.78. The number of aromatic nitrogens is 4. The minimum atomic E-state index is -3.90. The monoisotopic (exact) mass is 436 g/mol. The molecule has 0 aliphatic carbocycles. The molecule has 10 nitrogen and oxygen atoms in total. The molecule has 29 heavy (non-hydrogen) atoms. The van der Waals surface area contributed by atoms with Gasteiger partial charge in [0.25, 0.3) is 20.0 Å². The molecule has 0 amide bonds. The van der Waals surface area contributed by atoms with E-state index in [-0.39, 0.29) is 27.5 Å². The summed E-state index contributed by atoms with van der Waals surface area (Å²) in [4.78, 5) is 7.62. The Morgan fingerprint density at radius 2 is 1.55 bits per heavy atom. The zero-order valence-corrected chi connectivity index (χ0v) is 17.6. The molecule has 0 atom stereocenters. The Morgan fingerprint density at radius 1 is 0.931 bits per heavy atom. The van der Waals surface area contributed by atoms with Gasteiger partial charge in [-0.3, -0.25) is 9.40 Å². The first kappa shape index (κ1) is 20.7. The lowest BCUT2D eigenvalue weighted by Crippen LogP contribution is -2.16. The van der Waals surface area contributed by atoms with Crippen LogP contribution in [0.1, 0.15) is 25.6 Å². The highest BCUT2D eigenvalue weighted by atomic mass is 32.2. The van der Waals surface area contributed by atoms with E-state index in [0.717, 1.165) is 0 Å². The van der Waals surface area contributed by atoms with Crippen molar-refractivity contribution in [2.24, 2.45) is 0 Å². The molecule has 0 fully saturated rings. The van der Waals surface area contributed by atoms with E-state index in [0.29, 0.717) is 5.69 Å². The Morgan fingerprint density at radius 3 is 2.10 bits per heavy atom. The second kappa shape index (κ2) is 7.79. The molecule has 2 aromatic heterocycles. The normalized spacial score (nSPS) is 12.1. The molecular weight excluding hydrogens is 416 g/mol. The minimum absolute atomic E-state index is 0.0169. The SMILES string of the molecule is Cc1nn(C(C)C)cc1S(=O)(=O)Nc1ccc(S(=O)(=O)Nc2ncccn2)cc1. The summed E-state index contributed by atoms with van der Waals surface area (Å²) in [6.45, 7) is 5.40. The van der Waals surface area contributed by atoms with Crippen molar-refractivity contribution in [1.82, 2.24) is 19.7 Å². The highest BCUT2D eigenvalue weighted by Crippen LogP contribution is 2.22. The predicted molar refractivity (Wildman–Crippen MR) is 107 cm³/mol. The Labute approximate surface area is 169 Å². The fraction of sp³-hybridized carbons (Fsp3) is 0.235. The molecule has 154 valence electrons. The summed E-state index contributed by atoms with van der Waals surface area (Å²) < 4.78 is 56.4. The lowest BCUT2D eigenvalue weighted by Gasteiger charge is -2.09. The Hall–Kier alpha value is -2.99. The molecule has 1 aromatic carbocycles. The van der Waals surface area contributed by atoms with Gasteiger partial charge in [-0.2, -0.15) is 5.10 Å². The molecule has 12 heteroatoms. The summed E-state index contributed by atoms with van der Waals surface area (Å²) >= 11 is 0. The van der Waals surface area contributed by atoms with Crippen LogP contribution in [0, 0.1) is 6.92 Å². The van der Waals surface area contributed by atoms with E-state index in [1.807, 2.05) is 13.8 Å². The molecule has 3 rings (SSSR count). The largest absolute Gasteiger partial charge is 0.280 e. The van der Waals surface area contributed by atoms with Gasteiger partial charge in [0.15, 0.2) is 0 Å². The fourth-order valence-corrected chi connectivity index (χ4v) is 4.63. The van der Waals surface area contributed by atoms with Crippen LogP contribution in [-0.4, -0.2) is 36.6 Å². The molecular formula is C17H20N6O4S2. The van der Waals surface area contributed by atoms with Gasteiger partial charge < -0.3 is 0 Å². The summed E-state index contributed by atoms with van der Waals surface area (Å²) in [5.74, 6) is -0.0603. The maximum atomic E-state index is 12.7. The van der Waals surface area contributed by atoms with Crippen LogP contribution in [-0.2, 0) is 20.0 Å². The van der Waals surface area contributed by atoms with Gasteiger partial charge in [-0.05, 0) is 51.1 Å². The molecule has 0 aliphatic heterocycles. The summed E-state index contributed by atoms with van der Waals surface area (Å²) in [6, 6.07) is 6.87. The molecule has 0 bridgehead atoms. The first-order chi connectivity index (χ1) is 13.6. The van der Waals surface area contributed by atoms with Crippen molar-refractivity contribution in [3.63, 3.8) is 0 Å². The number of hydrogen-bond donors (Lipinski definition) is 2. The maximum Gasteiger partial charge on any atom is 0.265 e. The van der Waals surface area contributed by atoms with E-state index in [1.165, 1.54) is 42.9 Å². The third kappa shape index (κ3) is 4.71. The van der Waals surface area contributed by atoms with E-state index >= 15 is 0 Å². The number of sulfonamides is 2. The second-order valence-corrected chi connectivity index (χ2v) is 9.79. The van der Waals surface area contributed by atoms with Crippen molar-refractivity contribution in [2.75, 3.05) is 9.44 Å². The standard InChI is InChI=1S/C17H20N6O4S2/c1-12(2)23-11-16(13(3)20-23)29(26,27)21-14-5-7-15(8-6-14)28(24,25)22-17-18-9-4-10-19-17/h4-12,21H,1-3H3,(H,18,19,22). The van der Waals surface area contributed by atoms with Crippen molar-refractivity contribution < 1.29 is 16.8 Å². The van der Waals surface area contributed by atoms with Gasteiger partial charge in [-0.15, -0.1) is 0 Å². The van der Waals surface area contributed by atoms with E-state index in [4.69, 9.17) is 0 Å². The second-order valence-electron chi connectivity index (χ2n) is 6.46. The van der Waals surface area contributed by atoms with Gasteiger partial charge in [-0.1, -0.05) is 0 Å². The van der Waals surface area contributed by atoms with Gasteiger partial charge in [0, 0.05) is 30.3 Å². The summed E-state index contributed by atoms with van der Waals surface area (Å²) in [5.41, 5.74) is 0.592. The van der Waals surface area contributed by atoms with Gasteiger partial charge in [0.2, 0.25) is 5.95 Å². The van der Waals surface area contributed by atoms with Crippen LogP contribution in [0.2, 0.25) is 0 Å². The Balaban J connectivity index is 1.80. The number of nitrogens with one attached hydrogen (secondary N) is 2. The third-order valence-electron chi connectivity index (χ3n) is 3.90. The summed E-state index contributed by atoms with van der Waals surface area (Å²) in [5, 5.41) is 4.20. The quantitative estimate of drug-likeness (QED) is 0.579. The van der Waals surface area contributed by atoms with Crippen molar-refractivity contribution in [3.05, 3.63) is 54.6 Å². The number of rotatable bonds is 7. The highest BCUT2D eigenvalue weighted by molar-refractivity contribution is 7.93. The number of nitrogens with zero attached hydrogens (tertiary/aromatic N) is 4. The fourth-order valence-electron chi connectivity index (χ4n) is 2.44. The smallest absolute Gasteiger partial charge is 0.265 e. The summed E-state index contributed by atoms with van der Waals surface area (Å²) in [6.07, 6.45) is 4.28. The van der Waals surface area contributed by atoms with Crippen LogP contribution in [0.15, 0.2) is 58.7 Å². The third-order valence-corrected chi connectivity index (χ3v) is 6.73. The number of anilines is 2. The van der Waals surface area contributed by atoms with Crippen LogP contribution in [0.3, 0.4) is 0 Å². The molecule has 0 radical (unpaired) electrons. The maximum absolute atomic E-state index is 12.7. The number of hydrogen-bond acceptors (Lipinski definition) is 7. The number of aryl methyl sites for hydroxylation is 1. The van der Waals surface area contributed by atoms with Crippen LogP contribution < -0.4 is 9.44 Å². The average Bonchev–Trinajstić information content (AvgIpc) is 3.05. The first-order valence-corrected chi connectivity index (χ1v) is 11.5. The molecule has 0 aliphatic rings. The molecule has 2 N–H and O–H groups in total. The highest BCUT2D eigenvalue weighted by Gasteiger charge is 2.22. The van der Waals surface area contributed by atoms with Crippen molar-refractivity contribution in [3.8, 4) is 0 Å². The average molecular weight is 437 g/mol. The Kier molecular flexibility index (Phi) is 5.57. The molecule has 0 spiro atoms. The molecule has 2 heterocycles. The van der Waals surface area contributed by atoms with Crippen LogP contribution >= 0.6 is 0 Å². The van der Waals surface area contributed by atoms with Gasteiger partial charge >= 0.3 is 0 Å². The zero-order chi connectivity index (χ0) is 21.2. The molecule has 0 unspecified atom stereocenters. The van der Waals surface area contributed by atoms with E-state index < -0.39 is 20.0 Å². The van der Waals surface area contributed by atoms with Crippen molar-refractivity contribution in [1.29, 1.82) is 0 Å². The Bertz CT molecular complexity index is 1200. The molecule has 3 aromatic rings. The van der Waals surface area contributed by atoms with E-state index in [9.17, 15) is 16.8 Å². The zero-order valence-electron chi connectivity index (χ0n) is 15.9. The van der Waals surface area contributed by atoms with Crippen LogP contribution in [0.25, 0.3) is 0 Å². The van der Waals surface area contributed by atoms with Crippen molar-refractivity contribution >= 4 is 31.7 Å². The van der Waals surface area contributed by atoms with Gasteiger partial charge in [0.05, 0.1) is 10.6 Å².